The third-order valence-electron chi connectivity index (χ3n) is 8.57. The Labute approximate surface area is 294 Å². The molecule has 0 aromatic heterocycles. The van der Waals surface area contributed by atoms with E-state index in [4.69, 9.17) is 9.47 Å². The quantitative estimate of drug-likeness (QED) is 0.0576. The van der Waals surface area contributed by atoms with Crippen LogP contribution in [0.25, 0.3) is 6.08 Å². The summed E-state index contributed by atoms with van der Waals surface area (Å²) in [6.45, 7) is 0. The van der Waals surface area contributed by atoms with Gasteiger partial charge in [0.15, 0.2) is 34.5 Å². The molecule has 1 aliphatic rings. The molecule has 4 atom stereocenters. The van der Waals surface area contributed by atoms with Crippen LogP contribution in [0.1, 0.15) is 45.2 Å². The predicted octanol–water partition coefficient (Wildman–Crippen LogP) is 3.54. The summed E-state index contributed by atoms with van der Waals surface area (Å²) in [7, 11) is 0. The maximum absolute atomic E-state index is 14.0. The summed E-state index contributed by atoms with van der Waals surface area (Å²) in [6.07, 6.45) is -2.21. The molecular formula is C37H32O15. The Bertz CT molecular complexity index is 2090. The molecule has 4 aromatic rings. The molecule has 0 fully saturated rings. The van der Waals surface area contributed by atoms with Gasteiger partial charge in [-0.1, -0.05) is 24.3 Å². The van der Waals surface area contributed by atoms with Crippen LogP contribution in [-0.2, 0) is 47.9 Å². The Hall–Kier alpha value is -6.90. The smallest absolute Gasteiger partial charge is 0.345 e. The van der Waals surface area contributed by atoms with Gasteiger partial charge in [0.2, 0.25) is 12.2 Å². The van der Waals surface area contributed by atoms with E-state index >= 15 is 0 Å². The minimum atomic E-state index is -1.79. The summed E-state index contributed by atoms with van der Waals surface area (Å²) >= 11 is 0. The number of esters is 2. The van der Waals surface area contributed by atoms with Crippen LogP contribution in [0.15, 0.2) is 72.8 Å². The van der Waals surface area contributed by atoms with Crippen molar-refractivity contribution < 1.29 is 74.6 Å². The van der Waals surface area contributed by atoms with Crippen molar-refractivity contribution in [1.29, 1.82) is 0 Å². The first-order chi connectivity index (χ1) is 24.6. The second-order valence-corrected chi connectivity index (χ2v) is 12.0. The van der Waals surface area contributed by atoms with Gasteiger partial charge in [0.05, 0.1) is 5.92 Å². The highest BCUT2D eigenvalue weighted by atomic mass is 16.6. The molecule has 4 unspecified atom stereocenters. The molecule has 0 amide bonds. The predicted molar refractivity (Wildman–Crippen MR) is 178 cm³/mol. The topological polar surface area (TPSA) is 269 Å². The van der Waals surface area contributed by atoms with E-state index in [0.717, 1.165) is 30.3 Å². The standard InChI is InChI=1S/C37H32O15/c38-23-8-3-19(5-10-32(45)51-30(35(46)47)13-17-1-6-24(39)27(42)11-17)33-22(23)16-21(20-4-9-26(41)29(44)15-20)34(33)37(50)52-31(36(48)49)14-18-2-7-25(40)28(43)12-18/h1-12,15,21,30-31,34,38-44H,13-14,16H2,(H,46,47)(H,48,49). The van der Waals surface area contributed by atoms with E-state index in [1.165, 1.54) is 48.5 Å². The van der Waals surface area contributed by atoms with E-state index in [-0.39, 0.29) is 46.4 Å². The maximum Gasteiger partial charge on any atom is 0.345 e. The molecule has 5 rings (SSSR count). The van der Waals surface area contributed by atoms with Crippen LogP contribution in [0.5, 0.6) is 40.2 Å². The number of phenols is 7. The first-order valence-electron chi connectivity index (χ1n) is 15.6. The maximum atomic E-state index is 14.0. The molecule has 15 nitrogen and oxygen atoms in total. The zero-order valence-electron chi connectivity index (χ0n) is 26.9. The Morgan fingerprint density at radius 2 is 1.13 bits per heavy atom. The van der Waals surface area contributed by atoms with Crippen molar-refractivity contribution in [2.45, 2.75) is 43.3 Å². The first-order valence-corrected chi connectivity index (χ1v) is 15.6. The summed E-state index contributed by atoms with van der Waals surface area (Å²) in [5.41, 5.74) is 1.28. The van der Waals surface area contributed by atoms with Crippen molar-refractivity contribution in [2.24, 2.45) is 0 Å². The fraction of sp³-hybridized carbons (Fsp3) is 0.189. The van der Waals surface area contributed by atoms with Crippen molar-refractivity contribution in [1.82, 2.24) is 0 Å². The summed E-state index contributed by atoms with van der Waals surface area (Å²) in [5, 5.41) is 89.4. The number of rotatable bonds is 12. The van der Waals surface area contributed by atoms with Crippen molar-refractivity contribution in [3.05, 3.63) is 106 Å². The largest absolute Gasteiger partial charge is 0.508 e. The van der Waals surface area contributed by atoms with E-state index in [0.29, 0.717) is 5.56 Å². The number of ether oxygens (including phenoxy) is 2. The van der Waals surface area contributed by atoms with Gasteiger partial charge in [-0.05, 0) is 88.3 Å². The molecular weight excluding hydrogens is 684 g/mol. The van der Waals surface area contributed by atoms with E-state index < -0.39 is 88.8 Å². The van der Waals surface area contributed by atoms with Crippen molar-refractivity contribution in [3.8, 4) is 40.2 Å². The molecule has 1 aliphatic carbocycles. The number of phenolic OH excluding ortho intramolecular Hbond substituents is 7. The second-order valence-electron chi connectivity index (χ2n) is 12.0. The molecule has 0 spiro atoms. The Morgan fingerprint density at radius 1 is 0.635 bits per heavy atom. The highest BCUT2D eigenvalue weighted by Gasteiger charge is 2.44. The van der Waals surface area contributed by atoms with Gasteiger partial charge in [0.1, 0.15) is 5.75 Å². The van der Waals surface area contributed by atoms with E-state index in [1.54, 1.807) is 0 Å². The van der Waals surface area contributed by atoms with Gasteiger partial charge in [0, 0.05) is 24.8 Å². The fourth-order valence-electron chi connectivity index (χ4n) is 6.03. The van der Waals surface area contributed by atoms with Gasteiger partial charge >= 0.3 is 23.9 Å². The molecule has 9 N–H and O–H groups in total. The number of aliphatic carboxylic acids is 2. The lowest BCUT2D eigenvalue weighted by atomic mass is 9.85. The van der Waals surface area contributed by atoms with Crippen LogP contribution in [-0.4, -0.2) is 82.0 Å². The second kappa shape index (κ2) is 14.9. The SMILES string of the molecule is O=C(C=Cc1ccc(O)c2c1C(C(=O)OC(Cc1ccc(O)c(O)c1)C(=O)O)C(c1ccc(O)c(O)c1)C2)OC(Cc1ccc(O)c(O)c1)C(=O)O. The summed E-state index contributed by atoms with van der Waals surface area (Å²) < 4.78 is 10.6. The molecule has 0 heterocycles. The molecule has 0 aliphatic heterocycles. The van der Waals surface area contributed by atoms with E-state index in [2.05, 4.69) is 0 Å². The lowest BCUT2D eigenvalue weighted by Gasteiger charge is -2.23. The zero-order chi connectivity index (χ0) is 37.9. The molecule has 0 saturated heterocycles. The molecule has 0 saturated carbocycles. The summed E-state index contributed by atoms with van der Waals surface area (Å²) in [5.74, 6) is -10.6. The molecule has 15 heteroatoms. The Kier molecular flexibility index (Phi) is 10.4. The van der Waals surface area contributed by atoms with Gasteiger partial charge < -0.3 is 55.4 Å². The lowest BCUT2D eigenvalue weighted by Crippen LogP contribution is -2.32. The van der Waals surface area contributed by atoms with Crippen molar-refractivity contribution in [2.75, 3.05) is 0 Å². The van der Waals surface area contributed by atoms with Gasteiger partial charge in [0.25, 0.3) is 0 Å². The first kappa shape index (κ1) is 36.4. The normalized spacial score (nSPS) is 16.2. The third kappa shape index (κ3) is 7.94. The number of aromatic hydroxyl groups is 7. The van der Waals surface area contributed by atoms with Gasteiger partial charge in [-0.2, -0.15) is 0 Å². The van der Waals surface area contributed by atoms with E-state index in [1.807, 2.05) is 0 Å². The fourth-order valence-corrected chi connectivity index (χ4v) is 6.03. The van der Waals surface area contributed by atoms with Gasteiger partial charge in [-0.3, -0.25) is 4.79 Å². The number of carboxylic acid groups (broad SMARTS) is 2. The van der Waals surface area contributed by atoms with Crippen LogP contribution in [0, 0.1) is 0 Å². The molecule has 0 bridgehead atoms. The monoisotopic (exact) mass is 716 g/mol. The van der Waals surface area contributed by atoms with Crippen LogP contribution in [0.3, 0.4) is 0 Å². The van der Waals surface area contributed by atoms with Crippen molar-refractivity contribution in [3.63, 3.8) is 0 Å². The Balaban J connectivity index is 1.47. The lowest BCUT2D eigenvalue weighted by molar-refractivity contribution is -0.165. The zero-order valence-corrected chi connectivity index (χ0v) is 26.9. The average molecular weight is 717 g/mol. The van der Waals surface area contributed by atoms with Crippen molar-refractivity contribution >= 4 is 30.0 Å². The number of carbonyl (C=O) groups excluding carboxylic acids is 2. The van der Waals surface area contributed by atoms with Gasteiger partial charge in [-0.25, -0.2) is 14.4 Å². The number of carboxylic acids is 2. The van der Waals surface area contributed by atoms with Crippen LogP contribution < -0.4 is 0 Å². The number of hydrogen-bond acceptors (Lipinski definition) is 13. The minimum Gasteiger partial charge on any atom is -0.508 e. The van der Waals surface area contributed by atoms with E-state index in [9.17, 15) is 65.1 Å². The summed E-state index contributed by atoms with van der Waals surface area (Å²) in [6, 6.07) is 13.6. The highest BCUT2D eigenvalue weighted by molar-refractivity contribution is 5.91. The molecule has 52 heavy (non-hydrogen) atoms. The number of fused-ring (bicyclic) bond motifs is 1. The average Bonchev–Trinajstić information content (AvgIpc) is 3.50. The number of benzene rings is 4. The van der Waals surface area contributed by atoms with Crippen LogP contribution in [0.4, 0.5) is 0 Å². The molecule has 4 aromatic carbocycles. The molecule has 270 valence electrons. The minimum absolute atomic E-state index is 0.0403. The summed E-state index contributed by atoms with van der Waals surface area (Å²) in [4.78, 5) is 51.0. The van der Waals surface area contributed by atoms with Crippen LogP contribution in [0.2, 0.25) is 0 Å². The third-order valence-corrected chi connectivity index (χ3v) is 8.57. The van der Waals surface area contributed by atoms with Crippen LogP contribution >= 0.6 is 0 Å². The highest BCUT2D eigenvalue weighted by Crippen LogP contribution is 2.50. The van der Waals surface area contributed by atoms with Gasteiger partial charge in [-0.15, -0.1) is 0 Å². The molecule has 0 radical (unpaired) electrons. The number of carbonyl (C=O) groups is 4. The Morgan fingerprint density at radius 3 is 1.65 bits per heavy atom. The number of hydrogen-bond donors (Lipinski definition) is 9.